The lowest BCUT2D eigenvalue weighted by Gasteiger charge is -2.21. The van der Waals surface area contributed by atoms with E-state index >= 15 is 0 Å². The number of methoxy groups -OCH3 is 1. The van der Waals surface area contributed by atoms with E-state index < -0.39 is 12.0 Å². The first-order chi connectivity index (χ1) is 11.2. The first kappa shape index (κ1) is 15.2. The predicted octanol–water partition coefficient (Wildman–Crippen LogP) is 1.16. The number of aliphatic carboxylic acids is 1. The van der Waals surface area contributed by atoms with Gasteiger partial charge in [-0.05, 0) is 17.7 Å². The van der Waals surface area contributed by atoms with Gasteiger partial charge in [-0.2, -0.15) is 5.10 Å². The van der Waals surface area contributed by atoms with Crippen LogP contribution in [-0.4, -0.2) is 50.4 Å². The highest BCUT2D eigenvalue weighted by atomic mass is 16.5. The maximum absolute atomic E-state index is 11.2. The molecule has 1 aromatic heterocycles. The molecule has 120 valence electrons. The number of hydrogen-bond acceptors (Lipinski definition) is 5. The number of ether oxygens (including phenoxy) is 1. The number of carbonyl (C=O) groups is 1. The number of nitrogens with zero attached hydrogens (tertiary/aromatic N) is 4. The van der Waals surface area contributed by atoms with Gasteiger partial charge in [-0.3, -0.25) is 9.69 Å². The molecule has 0 fully saturated rings. The summed E-state index contributed by atoms with van der Waals surface area (Å²) in [5.41, 5.74) is 2.02. The SMILES string of the molecule is COc1ccc(CN2CC=CC2C(=O)O)cc1Cn1cncn1. The van der Waals surface area contributed by atoms with E-state index in [2.05, 4.69) is 10.1 Å². The lowest BCUT2D eigenvalue weighted by atomic mass is 10.1. The highest BCUT2D eigenvalue weighted by Crippen LogP contribution is 2.23. The summed E-state index contributed by atoms with van der Waals surface area (Å²) in [4.78, 5) is 17.1. The van der Waals surface area contributed by atoms with Crippen LogP contribution in [0.4, 0.5) is 0 Å². The fourth-order valence-electron chi connectivity index (χ4n) is 2.74. The standard InChI is InChI=1S/C16H18N4O3/c1-23-15-5-4-12(7-13(15)9-20-11-17-10-18-20)8-19-6-2-3-14(19)16(21)22/h2-5,7,10-11,14H,6,8-9H2,1H3,(H,21,22). The molecule has 3 rings (SSSR count). The van der Waals surface area contributed by atoms with Crippen LogP contribution in [0.15, 0.2) is 43.0 Å². The molecule has 1 atom stereocenters. The second kappa shape index (κ2) is 6.62. The van der Waals surface area contributed by atoms with Crippen molar-refractivity contribution in [1.82, 2.24) is 19.7 Å². The minimum absolute atomic E-state index is 0.553. The van der Waals surface area contributed by atoms with E-state index in [0.29, 0.717) is 19.6 Å². The predicted molar refractivity (Wildman–Crippen MR) is 83.1 cm³/mol. The van der Waals surface area contributed by atoms with E-state index in [1.165, 1.54) is 6.33 Å². The van der Waals surface area contributed by atoms with Crippen molar-refractivity contribution in [3.8, 4) is 5.75 Å². The molecule has 0 radical (unpaired) electrons. The van der Waals surface area contributed by atoms with Crippen LogP contribution in [0.3, 0.4) is 0 Å². The Labute approximate surface area is 133 Å². The molecule has 2 heterocycles. The molecular weight excluding hydrogens is 296 g/mol. The molecule has 2 aromatic rings. The van der Waals surface area contributed by atoms with Crippen molar-refractivity contribution >= 4 is 5.97 Å². The minimum Gasteiger partial charge on any atom is -0.496 e. The molecule has 23 heavy (non-hydrogen) atoms. The summed E-state index contributed by atoms with van der Waals surface area (Å²) in [5.74, 6) is -0.0475. The molecular formula is C16H18N4O3. The molecule has 0 bridgehead atoms. The fraction of sp³-hybridized carbons (Fsp3) is 0.312. The zero-order valence-corrected chi connectivity index (χ0v) is 12.8. The van der Waals surface area contributed by atoms with Crippen molar-refractivity contribution < 1.29 is 14.6 Å². The van der Waals surface area contributed by atoms with Crippen molar-refractivity contribution in [3.63, 3.8) is 0 Å². The zero-order valence-electron chi connectivity index (χ0n) is 12.8. The Balaban J connectivity index is 1.79. The molecule has 0 saturated carbocycles. The summed E-state index contributed by atoms with van der Waals surface area (Å²) in [7, 11) is 1.63. The fourth-order valence-corrected chi connectivity index (χ4v) is 2.74. The van der Waals surface area contributed by atoms with E-state index in [1.54, 1.807) is 24.2 Å². The Bertz CT molecular complexity index is 712. The van der Waals surface area contributed by atoms with Crippen LogP contribution in [0.1, 0.15) is 11.1 Å². The van der Waals surface area contributed by atoms with E-state index in [9.17, 15) is 9.90 Å². The van der Waals surface area contributed by atoms with E-state index in [4.69, 9.17) is 4.74 Å². The zero-order chi connectivity index (χ0) is 16.2. The van der Waals surface area contributed by atoms with Crippen molar-refractivity contribution in [1.29, 1.82) is 0 Å². The smallest absolute Gasteiger partial charge is 0.324 e. The van der Waals surface area contributed by atoms with E-state index in [0.717, 1.165) is 16.9 Å². The maximum atomic E-state index is 11.2. The first-order valence-electron chi connectivity index (χ1n) is 7.29. The molecule has 7 nitrogen and oxygen atoms in total. The third-order valence-electron chi connectivity index (χ3n) is 3.83. The average Bonchev–Trinajstić information content (AvgIpc) is 3.19. The molecule has 1 N–H and O–H groups in total. The van der Waals surface area contributed by atoms with Gasteiger partial charge < -0.3 is 9.84 Å². The summed E-state index contributed by atoms with van der Waals surface area (Å²) in [6, 6.07) is 5.33. The van der Waals surface area contributed by atoms with Crippen molar-refractivity contribution in [2.45, 2.75) is 19.1 Å². The Morgan fingerprint density at radius 2 is 2.30 bits per heavy atom. The molecule has 0 saturated heterocycles. The van der Waals surface area contributed by atoms with Crippen LogP contribution >= 0.6 is 0 Å². The van der Waals surface area contributed by atoms with Crippen LogP contribution < -0.4 is 4.74 Å². The lowest BCUT2D eigenvalue weighted by molar-refractivity contribution is -0.141. The maximum Gasteiger partial charge on any atom is 0.324 e. The Kier molecular flexibility index (Phi) is 4.38. The van der Waals surface area contributed by atoms with Gasteiger partial charge in [0.2, 0.25) is 0 Å². The van der Waals surface area contributed by atoms with Crippen molar-refractivity contribution in [2.75, 3.05) is 13.7 Å². The summed E-state index contributed by atoms with van der Waals surface area (Å²) < 4.78 is 7.12. The topological polar surface area (TPSA) is 80.5 Å². The lowest BCUT2D eigenvalue weighted by Crippen LogP contribution is -2.35. The average molecular weight is 314 g/mol. The number of benzene rings is 1. The molecule has 0 aliphatic carbocycles. The first-order valence-corrected chi connectivity index (χ1v) is 7.29. The quantitative estimate of drug-likeness (QED) is 0.806. The largest absolute Gasteiger partial charge is 0.496 e. The molecule has 0 spiro atoms. The van der Waals surface area contributed by atoms with Crippen LogP contribution in [0.5, 0.6) is 5.75 Å². The van der Waals surface area contributed by atoms with Gasteiger partial charge in [-0.1, -0.05) is 18.2 Å². The second-order valence-electron chi connectivity index (χ2n) is 5.38. The highest BCUT2D eigenvalue weighted by molar-refractivity contribution is 5.76. The Hall–Kier alpha value is -2.67. The van der Waals surface area contributed by atoms with E-state index in [-0.39, 0.29) is 0 Å². The van der Waals surface area contributed by atoms with E-state index in [1.807, 2.05) is 29.2 Å². The molecule has 7 heteroatoms. The number of hydrogen-bond donors (Lipinski definition) is 1. The normalized spacial score (nSPS) is 17.5. The molecule has 1 aliphatic heterocycles. The third kappa shape index (κ3) is 3.40. The summed E-state index contributed by atoms with van der Waals surface area (Å²) in [6.07, 6.45) is 6.75. The van der Waals surface area contributed by atoms with Gasteiger partial charge in [0.05, 0.1) is 13.7 Å². The number of carboxylic acid groups (broad SMARTS) is 1. The van der Waals surface area contributed by atoms with Crippen molar-refractivity contribution in [3.05, 3.63) is 54.1 Å². The van der Waals surface area contributed by atoms with Gasteiger partial charge in [-0.25, -0.2) is 9.67 Å². The molecule has 1 aliphatic rings. The Morgan fingerprint density at radius 1 is 1.43 bits per heavy atom. The number of aromatic nitrogens is 3. The molecule has 1 aromatic carbocycles. The van der Waals surface area contributed by atoms with Crippen LogP contribution in [0, 0.1) is 0 Å². The van der Waals surface area contributed by atoms with Crippen LogP contribution in [-0.2, 0) is 17.9 Å². The van der Waals surface area contributed by atoms with Gasteiger partial charge in [0, 0.05) is 18.7 Å². The summed E-state index contributed by atoms with van der Waals surface area (Å²) in [5, 5.41) is 13.3. The monoisotopic (exact) mass is 314 g/mol. The second-order valence-corrected chi connectivity index (χ2v) is 5.38. The van der Waals surface area contributed by atoms with Gasteiger partial charge in [0.15, 0.2) is 0 Å². The van der Waals surface area contributed by atoms with Crippen LogP contribution in [0.25, 0.3) is 0 Å². The van der Waals surface area contributed by atoms with Gasteiger partial charge in [-0.15, -0.1) is 0 Å². The Morgan fingerprint density at radius 3 is 3.00 bits per heavy atom. The minimum atomic E-state index is -0.824. The summed E-state index contributed by atoms with van der Waals surface area (Å²) >= 11 is 0. The third-order valence-corrected chi connectivity index (χ3v) is 3.83. The number of rotatable bonds is 6. The van der Waals surface area contributed by atoms with Crippen molar-refractivity contribution in [2.24, 2.45) is 0 Å². The highest BCUT2D eigenvalue weighted by Gasteiger charge is 2.26. The van der Waals surface area contributed by atoms with Gasteiger partial charge >= 0.3 is 5.97 Å². The summed E-state index contributed by atoms with van der Waals surface area (Å²) in [6.45, 7) is 1.76. The van der Waals surface area contributed by atoms with Gasteiger partial charge in [0.1, 0.15) is 24.4 Å². The van der Waals surface area contributed by atoms with Gasteiger partial charge in [0.25, 0.3) is 0 Å². The van der Waals surface area contributed by atoms with Crippen LogP contribution in [0.2, 0.25) is 0 Å². The number of carboxylic acids is 1. The molecule has 1 unspecified atom stereocenters. The molecule has 0 amide bonds.